The summed E-state index contributed by atoms with van der Waals surface area (Å²) < 4.78 is 39.0. The number of fused-ring (bicyclic) bond motifs is 1. The number of carbonyl (C=O) groups excluding carboxylic acids is 1. The van der Waals surface area contributed by atoms with Crippen molar-refractivity contribution in [2.24, 2.45) is 0 Å². The quantitative estimate of drug-likeness (QED) is 0.395. The van der Waals surface area contributed by atoms with Gasteiger partial charge in [-0.2, -0.15) is 13.2 Å². The van der Waals surface area contributed by atoms with E-state index in [0.29, 0.717) is 17.0 Å². The fourth-order valence-electron chi connectivity index (χ4n) is 3.51. The van der Waals surface area contributed by atoms with Crippen LogP contribution in [0.15, 0.2) is 61.1 Å². The van der Waals surface area contributed by atoms with Gasteiger partial charge in [-0.1, -0.05) is 18.2 Å². The van der Waals surface area contributed by atoms with Crippen molar-refractivity contribution in [2.45, 2.75) is 25.4 Å². The molecule has 170 valence electrons. The second kappa shape index (κ2) is 9.01. The minimum atomic E-state index is -4.33. The third kappa shape index (κ3) is 5.36. The molecule has 3 heterocycles. The first-order valence-electron chi connectivity index (χ1n) is 10.4. The number of anilines is 1. The molecule has 0 saturated carbocycles. The van der Waals surface area contributed by atoms with Gasteiger partial charge in [-0.05, 0) is 29.8 Å². The summed E-state index contributed by atoms with van der Waals surface area (Å²) >= 11 is 0. The maximum absolute atomic E-state index is 12.4. The Hall–Kier alpha value is -3.75. The van der Waals surface area contributed by atoms with Crippen LogP contribution in [0.5, 0.6) is 0 Å². The average molecular weight is 453 g/mol. The molecule has 0 bridgehead atoms. The second-order valence-corrected chi connectivity index (χ2v) is 7.95. The fourth-order valence-corrected chi connectivity index (χ4v) is 3.51. The highest BCUT2D eigenvalue weighted by atomic mass is 19.4. The Balaban J connectivity index is 1.58. The largest absolute Gasteiger partial charge is 0.389 e. The molecule has 0 aliphatic carbocycles. The van der Waals surface area contributed by atoms with Gasteiger partial charge in [0.05, 0.1) is 18.3 Å². The third-order valence-corrected chi connectivity index (χ3v) is 5.18. The van der Waals surface area contributed by atoms with E-state index in [2.05, 4.69) is 15.0 Å². The number of benzene rings is 1. The van der Waals surface area contributed by atoms with E-state index < -0.39 is 24.8 Å². The highest BCUT2D eigenvalue weighted by molar-refractivity contribution is 5.81. The van der Waals surface area contributed by atoms with E-state index in [1.165, 1.54) is 0 Å². The molecule has 0 amide bonds. The molecule has 0 aliphatic heterocycles. The highest BCUT2D eigenvalue weighted by Crippen LogP contribution is 2.26. The van der Waals surface area contributed by atoms with Crippen molar-refractivity contribution >= 4 is 17.2 Å². The van der Waals surface area contributed by atoms with Crippen molar-refractivity contribution in [1.82, 2.24) is 19.4 Å². The Morgan fingerprint density at radius 3 is 2.64 bits per heavy atom. The summed E-state index contributed by atoms with van der Waals surface area (Å²) in [7, 11) is 3.82. The van der Waals surface area contributed by atoms with Crippen LogP contribution in [0.3, 0.4) is 0 Å². The first kappa shape index (κ1) is 22.4. The summed E-state index contributed by atoms with van der Waals surface area (Å²) in [5, 5.41) is 0. The van der Waals surface area contributed by atoms with E-state index in [0.717, 1.165) is 22.6 Å². The van der Waals surface area contributed by atoms with Crippen molar-refractivity contribution in [3.05, 3.63) is 66.6 Å². The molecule has 0 radical (unpaired) electrons. The molecule has 0 aliphatic rings. The molecular weight excluding hydrogens is 431 g/mol. The van der Waals surface area contributed by atoms with Crippen LogP contribution in [0.25, 0.3) is 28.3 Å². The van der Waals surface area contributed by atoms with E-state index in [1.807, 2.05) is 59.9 Å². The minimum absolute atomic E-state index is 0.0373. The third-order valence-electron chi connectivity index (χ3n) is 5.18. The number of pyridine rings is 1. The first-order valence-corrected chi connectivity index (χ1v) is 10.4. The molecule has 1 aromatic carbocycles. The number of imidazole rings is 1. The van der Waals surface area contributed by atoms with Gasteiger partial charge in [-0.3, -0.25) is 9.20 Å². The van der Waals surface area contributed by atoms with Crippen molar-refractivity contribution < 1.29 is 18.0 Å². The summed E-state index contributed by atoms with van der Waals surface area (Å²) in [5.74, 6) is 0.949. The van der Waals surface area contributed by atoms with Gasteiger partial charge >= 0.3 is 6.18 Å². The van der Waals surface area contributed by atoms with Crippen LogP contribution < -0.4 is 4.90 Å². The Kier molecular flexibility index (Phi) is 6.13. The number of ketones is 1. The summed E-state index contributed by atoms with van der Waals surface area (Å²) in [6.45, 7) is 0. The molecule has 4 aromatic rings. The zero-order valence-corrected chi connectivity index (χ0v) is 18.2. The molecule has 6 nitrogen and oxygen atoms in total. The smallest absolute Gasteiger partial charge is 0.363 e. The molecule has 0 unspecified atom stereocenters. The SMILES string of the molecule is CN(C)c1ccnc(-c2ccn3c(-c4cccc(CC(=O)CCC(F)(F)F)c4)cnc3c2)n1. The standard InChI is InChI=1S/C24H22F3N5O/c1-31(2)21-7-10-28-23(30-21)18-8-11-32-20(15-29-22(32)14-18)17-5-3-4-16(12-17)13-19(33)6-9-24(25,26)27/h3-5,7-8,10-12,14-15H,6,9,13H2,1-2H3. The van der Waals surface area contributed by atoms with E-state index in [1.54, 1.807) is 24.5 Å². The van der Waals surface area contributed by atoms with Crippen LogP contribution in [0.1, 0.15) is 18.4 Å². The molecule has 3 aromatic heterocycles. The molecular formula is C24H22F3N5O. The maximum atomic E-state index is 12.4. The number of halogens is 3. The van der Waals surface area contributed by atoms with Gasteiger partial charge in [-0.15, -0.1) is 0 Å². The van der Waals surface area contributed by atoms with Crippen molar-refractivity contribution in [1.29, 1.82) is 0 Å². The van der Waals surface area contributed by atoms with E-state index >= 15 is 0 Å². The molecule has 0 fully saturated rings. The maximum Gasteiger partial charge on any atom is 0.389 e. The summed E-state index contributed by atoms with van der Waals surface area (Å²) in [6.07, 6.45) is -0.664. The number of carbonyl (C=O) groups is 1. The Bertz CT molecular complexity index is 1300. The van der Waals surface area contributed by atoms with Gasteiger partial charge in [0.1, 0.15) is 17.2 Å². The number of aromatic nitrogens is 4. The molecule has 9 heteroatoms. The van der Waals surface area contributed by atoms with Crippen molar-refractivity contribution in [2.75, 3.05) is 19.0 Å². The number of alkyl halides is 3. The van der Waals surface area contributed by atoms with Gasteiger partial charge < -0.3 is 4.90 Å². The average Bonchev–Trinajstić information content (AvgIpc) is 3.21. The molecule has 0 N–H and O–H groups in total. The summed E-state index contributed by atoms with van der Waals surface area (Å²) in [6, 6.07) is 12.8. The zero-order valence-electron chi connectivity index (χ0n) is 18.2. The van der Waals surface area contributed by atoms with Crippen LogP contribution in [-0.4, -0.2) is 45.4 Å². The summed E-state index contributed by atoms with van der Waals surface area (Å²) in [4.78, 5) is 27.3. The normalized spacial score (nSPS) is 11.7. The van der Waals surface area contributed by atoms with Crippen LogP contribution in [0.4, 0.5) is 19.0 Å². The van der Waals surface area contributed by atoms with Gasteiger partial charge in [-0.25, -0.2) is 15.0 Å². The number of nitrogens with zero attached hydrogens (tertiary/aromatic N) is 5. The lowest BCUT2D eigenvalue weighted by Crippen LogP contribution is -2.12. The molecule has 0 atom stereocenters. The van der Waals surface area contributed by atoms with Crippen LogP contribution in [-0.2, 0) is 11.2 Å². The molecule has 0 spiro atoms. The number of hydrogen-bond donors (Lipinski definition) is 0. The predicted molar refractivity (Wildman–Crippen MR) is 120 cm³/mol. The highest BCUT2D eigenvalue weighted by Gasteiger charge is 2.27. The Labute approximate surface area is 188 Å². The van der Waals surface area contributed by atoms with Crippen LogP contribution >= 0.6 is 0 Å². The van der Waals surface area contributed by atoms with E-state index in [4.69, 9.17) is 0 Å². The van der Waals surface area contributed by atoms with E-state index in [-0.39, 0.29) is 6.42 Å². The predicted octanol–water partition coefficient (Wildman–Crippen LogP) is 4.98. The Morgan fingerprint density at radius 1 is 1.06 bits per heavy atom. The number of rotatable bonds is 7. The van der Waals surface area contributed by atoms with Crippen molar-refractivity contribution in [3.8, 4) is 22.6 Å². The van der Waals surface area contributed by atoms with Gasteiger partial charge in [0.2, 0.25) is 0 Å². The Morgan fingerprint density at radius 2 is 1.88 bits per heavy atom. The zero-order chi connectivity index (χ0) is 23.6. The number of Topliss-reactive ketones (excluding diaryl/α,β-unsaturated/α-hetero) is 1. The monoisotopic (exact) mass is 453 g/mol. The molecule has 33 heavy (non-hydrogen) atoms. The second-order valence-electron chi connectivity index (χ2n) is 7.95. The summed E-state index contributed by atoms with van der Waals surface area (Å²) in [5.41, 5.74) is 3.83. The number of hydrogen-bond acceptors (Lipinski definition) is 5. The fraction of sp³-hybridized carbons (Fsp3) is 0.250. The van der Waals surface area contributed by atoms with Gasteiger partial charge in [0, 0.05) is 50.5 Å². The topological polar surface area (TPSA) is 63.4 Å². The van der Waals surface area contributed by atoms with E-state index in [9.17, 15) is 18.0 Å². The molecule has 4 rings (SSSR count). The van der Waals surface area contributed by atoms with Crippen molar-refractivity contribution in [3.63, 3.8) is 0 Å². The van der Waals surface area contributed by atoms with Gasteiger partial charge in [0.15, 0.2) is 5.82 Å². The lowest BCUT2D eigenvalue weighted by molar-refractivity contribution is -0.143. The van der Waals surface area contributed by atoms with Gasteiger partial charge in [0.25, 0.3) is 0 Å². The van der Waals surface area contributed by atoms with Crippen LogP contribution in [0.2, 0.25) is 0 Å². The molecule has 0 saturated heterocycles. The minimum Gasteiger partial charge on any atom is -0.363 e. The van der Waals surface area contributed by atoms with Crippen LogP contribution in [0, 0.1) is 0 Å². The lowest BCUT2D eigenvalue weighted by atomic mass is 10.0. The first-order chi connectivity index (χ1) is 15.7. The lowest BCUT2D eigenvalue weighted by Gasteiger charge is -2.11.